The van der Waals surface area contributed by atoms with Crippen LogP contribution in [0, 0.1) is 5.92 Å². The third-order valence-electron chi connectivity index (χ3n) is 2.72. The molecule has 2 atom stereocenters. The van der Waals surface area contributed by atoms with Crippen molar-refractivity contribution < 1.29 is 18.3 Å². The van der Waals surface area contributed by atoms with E-state index in [9.17, 15) is 13.2 Å². The second-order valence-electron chi connectivity index (χ2n) is 4.09. The van der Waals surface area contributed by atoms with E-state index in [-0.39, 0.29) is 0 Å². The maximum Gasteiger partial charge on any atom is 0.318 e. The largest absolute Gasteiger partial charge is 0.480 e. The first kappa shape index (κ1) is 11.5. The molecule has 1 saturated carbocycles. The van der Waals surface area contributed by atoms with Crippen molar-refractivity contribution in [3.05, 3.63) is 0 Å². The van der Waals surface area contributed by atoms with Crippen LogP contribution in [0.4, 0.5) is 0 Å². The molecule has 4 nitrogen and oxygen atoms in total. The van der Waals surface area contributed by atoms with Crippen molar-refractivity contribution in [2.45, 2.75) is 37.9 Å². The van der Waals surface area contributed by atoms with Crippen molar-refractivity contribution in [2.75, 3.05) is 5.75 Å². The normalized spacial score (nSPS) is 28.6. The van der Waals surface area contributed by atoms with Gasteiger partial charge in [0.1, 0.15) is 5.75 Å². The van der Waals surface area contributed by atoms with Crippen molar-refractivity contribution in [2.24, 2.45) is 5.92 Å². The fraction of sp³-hybridized carbons (Fsp3) is 0.889. The molecule has 1 rings (SSSR count). The van der Waals surface area contributed by atoms with Gasteiger partial charge in [0.2, 0.25) is 0 Å². The molecule has 0 aromatic carbocycles. The van der Waals surface area contributed by atoms with Gasteiger partial charge in [0, 0.05) is 0 Å². The summed E-state index contributed by atoms with van der Waals surface area (Å²) in [4.78, 5) is 10.4. The number of sulfone groups is 1. The predicted molar refractivity (Wildman–Crippen MR) is 52.8 cm³/mol. The third kappa shape index (κ3) is 2.97. The molecule has 14 heavy (non-hydrogen) atoms. The number of carbonyl (C=O) groups is 1. The van der Waals surface area contributed by atoms with Gasteiger partial charge in [0.15, 0.2) is 9.84 Å². The molecule has 82 valence electrons. The van der Waals surface area contributed by atoms with E-state index in [1.807, 2.05) is 6.92 Å². The lowest BCUT2D eigenvalue weighted by molar-refractivity contribution is -0.134. The number of hydrogen-bond donors (Lipinski definition) is 1. The van der Waals surface area contributed by atoms with Gasteiger partial charge in [-0.2, -0.15) is 0 Å². The minimum absolute atomic E-state index is 0.400. The van der Waals surface area contributed by atoms with E-state index in [0.29, 0.717) is 18.8 Å². The smallest absolute Gasteiger partial charge is 0.318 e. The maximum absolute atomic E-state index is 11.6. The number of carboxylic acids is 1. The minimum Gasteiger partial charge on any atom is -0.480 e. The maximum atomic E-state index is 11.6. The Labute approximate surface area is 84.2 Å². The summed E-state index contributed by atoms with van der Waals surface area (Å²) in [6.07, 6.45) is 3.19. The van der Waals surface area contributed by atoms with Gasteiger partial charge in [0.25, 0.3) is 0 Å². The predicted octanol–water partition coefficient (Wildman–Crippen LogP) is 1.06. The zero-order chi connectivity index (χ0) is 10.8. The molecular weight excluding hydrogens is 204 g/mol. The van der Waals surface area contributed by atoms with E-state index in [4.69, 9.17) is 5.11 Å². The zero-order valence-corrected chi connectivity index (χ0v) is 9.09. The molecule has 1 N–H and O–H groups in total. The van der Waals surface area contributed by atoms with Crippen LogP contribution in [0.2, 0.25) is 0 Å². The highest BCUT2D eigenvalue weighted by Gasteiger charge is 2.31. The molecule has 0 radical (unpaired) electrons. The van der Waals surface area contributed by atoms with E-state index in [2.05, 4.69) is 0 Å². The lowest BCUT2D eigenvalue weighted by Gasteiger charge is -2.25. The van der Waals surface area contributed by atoms with Crippen LogP contribution in [-0.2, 0) is 14.6 Å². The van der Waals surface area contributed by atoms with Gasteiger partial charge in [-0.15, -0.1) is 0 Å². The molecule has 2 unspecified atom stereocenters. The quantitative estimate of drug-likeness (QED) is 0.772. The highest BCUT2D eigenvalue weighted by atomic mass is 32.2. The van der Waals surface area contributed by atoms with Crippen molar-refractivity contribution in [1.29, 1.82) is 0 Å². The van der Waals surface area contributed by atoms with Crippen LogP contribution in [-0.4, -0.2) is 30.5 Å². The molecule has 0 spiro atoms. The standard InChI is InChI=1S/C9H16O4S/c1-7-3-2-4-8(5-7)14(12,13)6-9(10)11/h7-8H,2-6H2,1H3,(H,10,11). The molecule has 0 aliphatic heterocycles. The molecule has 0 bridgehead atoms. The summed E-state index contributed by atoms with van der Waals surface area (Å²) in [5.74, 6) is -1.56. The van der Waals surface area contributed by atoms with Gasteiger partial charge in [-0.05, 0) is 18.8 Å². The van der Waals surface area contributed by atoms with Gasteiger partial charge in [-0.25, -0.2) is 8.42 Å². The van der Waals surface area contributed by atoms with Crippen LogP contribution in [0.1, 0.15) is 32.6 Å². The van der Waals surface area contributed by atoms with Gasteiger partial charge < -0.3 is 5.11 Å². The van der Waals surface area contributed by atoms with Gasteiger partial charge in [-0.3, -0.25) is 4.79 Å². The first-order valence-corrected chi connectivity index (χ1v) is 6.56. The molecule has 0 aromatic heterocycles. The van der Waals surface area contributed by atoms with E-state index < -0.39 is 26.8 Å². The molecule has 5 heteroatoms. The van der Waals surface area contributed by atoms with E-state index in [0.717, 1.165) is 12.8 Å². The third-order valence-corrected chi connectivity index (χ3v) is 4.81. The van der Waals surface area contributed by atoms with Crippen LogP contribution in [0.3, 0.4) is 0 Å². The van der Waals surface area contributed by atoms with Crippen LogP contribution >= 0.6 is 0 Å². The number of rotatable bonds is 3. The van der Waals surface area contributed by atoms with Crippen LogP contribution in [0.15, 0.2) is 0 Å². The minimum atomic E-state index is -3.42. The van der Waals surface area contributed by atoms with Crippen LogP contribution < -0.4 is 0 Å². The first-order chi connectivity index (χ1) is 6.42. The second kappa shape index (κ2) is 4.29. The Morgan fingerprint density at radius 3 is 2.57 bits per heavy atom. The van der Waals surface area contributed by atoms with Gasteiger partial charge in [-0.1, -0.05) is 19.8 Å². The molecule has 0 aromatic rings. The van der Waals surface area contributed by atoms with Crippen molar-refractivity contribution in [1.82, 2.24) is 0 Å². The number of aliphatic carboxylic acids is 1. The molecule has 0 heterocycles. The zero-order valence-electron chi connectivity index (χ0n) is 8.27. The van der Waals surface area contributed by atoms with Crippen molar-refractivity contribution in [3.63, 3.8) is 0 Å². The van der Waals surface area contributed by atoms with E-state index in [1.165, 1.54) is 0 Å². The average Bonchev–Trinajstić information content (AvgIpc) is 2.01. The van der Waals surface area contributed by atoms with Gasteiger partial charge in [0.05, 0.1) is 5.25 Å². The number of hydrogen-bond acceptors (Lipinski definition) is 3. The summed E-state index contributed by atoms with van der Waals surface area (Å²) in [5.41, 5.74) is 0. The van der Waals surface area contributed by atoms with E-state index in [1.54, 1.807) is 0 Å². The summed E-state index contributed by atoms with van der Waals surface area (Å²) in [6.45, 7) is 2.02. The Bertz CT molecular complexity index is 307. The Kier molecular flexibility index (Phi) is 3.53. The van der Waals surface area contributed by atoms with Crippen LogP contribution in [0.25, 0.3) is 0 Å². The first-order valence-electron chi connectivity index (χ1n) is 4.85. The number of carboxylic acid groups (broad SMARTS) is 1. The lowest BCUT2D eigenvalue weighted by atomic mass is 9.91. The molecule has 0 saturated heterocycles. The molecule has 1 aliphatic carbocycles. The molecule has 1 fully saturated rings. The Morgan fingerprint density at radius 1 is 1.43 bits per heavy atom. The lowest BCUT2D eigenvalue weighted by Crippen LogP contribution is -2.31. The highest BCUT2D eigenvalue weighted by Crippen LogP contribution is 2.28. The fourth-order valence-electron chi connectivity index (χ4n) is 1.99. The summed E-state index contributed by atoms with van der Waals surface area (Å²) in [6, 6.07) is 0. The van der Waals surface area contributed by atoms with Crippen molar-refractivity contribution in [3.8, 4) is 0 Å². The molecule has 1 aliphatic rings. The van der Waals surface area contributed by atoms with E-state index >= 15 is 0 Å². The summed E-state index contributed by atoms with van der Waals surface area (Å²) in [7, 11) is -3.42. The average molecular weight is 220 g/mol. The summed E-state index contributed by atoms with van der Waals surface area (Å²) < 4.78 is 23.1. The highest BCUT2D eigenvalue weighted by molar-refractivity contribution is 7.92. The summed E-state index contributed by atoms with van der Waals surface area (Å²) >= 11 is 0. The summed E-state index contributed by atoms with van der Waals surface area (Å²) in [5, 5.41) is 8.04. The van der Waals surface area contributed by atoms with Crippen LogP contribution in [0.5, 0.6) is 0 Å². The van der Waals surface area contributed by atoms with Crippen molar-refractivity contribution >= 4 is 15.8 Å². The SMILES string of the molecule is CC1CCCC(S(=O)(=O)CC(=O)O)C1. The Hall–Kier alpha value is -0.580. The molecule has 0 amide bonds. The Balaban J connectivity index is 2.67. The van der Waals surface area contributed by atoms with Gasteiger partial charge >= 0.3 is 5.97 Å². The monoisotopic (exact) mass is 220 g/mol. The molecular formula is C9H16O4S. The Morgan fingerprint density at radius 2 is 2.07 bits per heavy atom. The second-order valence-corrected chi connectivity index (χ2v) is 6.38. The topological polar surface area (TPSA) is 71.4 Å². The fourth-order valence-corrected chi connectivity index (χ4v) is 3.72.